The molecule has 0 aromatic carbocycles. The number of aliphatic hydroxyl groups is 1. The largest absolute Gasteiger partial charge is 0.396 e. The van der Waals surface area contributed by atoms with Crippen molar-refractivity contribution in [3.63, 3.8) is 0 Å². The second-order valence-electron chi connectivity index (χ2n) is 5.94. The van der Waals surface area contributed by atoms with Crippen LogP contribution >= 0.6 is 0 Å². The molecule has 0 unspecified atom stereocenters. The number of hydrogen-bond acceptors (Lipinski definition) is 4. The Labute approximate surface area is 121 Å². The minimum Gasteiger partial charge on any atom is -0.396 e. The fourth-order valence-electron chi connectivity index (χ4n) is 3.07. The number of hydrogen-bond donors (Lipinski definition) is 2. The van der Waals surface area contributed by atoms with Gasteiger partial charge in [-0.05, 0) is 38.0 Å². The van der Waals surface area contributed by atoms with Gasteiger partial charge in [0.2, 0.25) is 0 Å². The number of aryl methyl sites for hydroxylation is 1. The number of nitrogens with zero attached hydrogens (tertiary/aromatic N) is 3. The minimum absolute atomic E-state index is 0.203. The van der Waals surface area contributed by atoms with Crippen molar-refractivity contribution in [2.24, 2.45) is 5.92 Å². The summed E-state index contributed by atoms with van der Waals surface area (Å²) >= 11 is 0. The van der Waals surface area contributed by atoms with Gasteiger partial charge < -0.3 is 10.4 Å². The van der Waals surface area contributed by atoms with E-state index in [1.807, 2.05) is 10.9 Å². The van der Waals surface area contributed by atoms with E-state index in [0.717, 1.165) is 31.1 Å². The predicted molar refractivity (Wildman–Crippen MR) is 79.2 cm³/mol. The Morgan fingerprint density at radius 1 is 1.35 bits per heavy atom. The second-order valence-corrected chi connectivity index (χ2v) is 5.94. The van der Waals surface area contributed by atoms with Gasteiger partial charge in [-0.25, -0.2) is 0 Å². The summed E-state index contributed by atoms with van der Waals surface area (Å²) in [5.41, 5.74) is 0.999. The molecule has 1 aromatic heterocycles. The van der Waals surface area contributed by atoms with E-state index in [-0.39, 0.29) is 6.61 Å². The van der Waals surface area contributed by atoms with E-state index in [2.05, 4.69) is 22.6 Å². The van der Waals surface area contributed by atoms with Crippen LogP contribution in [-0.2, 0) is 13.1 Å². The number of nitrogens with one attached hydrogen (secondary N) is 1. The summed E-state index contributed by atoms with van der Waals surface area (Å²) in [5.74, 6) is 0.956. The normalized spacial score (nSPS) is 23.1. The fraction of sp³-hybridized carbons (Fsp3) is 0.867. The van der Waals surface area contributed by atoms with Crippen LogP contribution in [0.25, 0.3) is 0 Å². The van der Waals surface area contributed by atoms with Crippen molar-refractivity contribution in [3.05, 3.63) is 11.9 Å². The zero-order valence-electron chi connectivity index (χ0n) is 12.6. The molecule has 0 bridgehead atoms. The van der Waals surface area contributed by atoms with E-state index < -0.39 is 0 Å². The maximum atomic E-state index is 8.79. The van der Waals surface area contributed by atoms with Gasteiger partial charge in [-0.3, -0.25) is 4.68 Å². The van der Waals surface area contributed by atoms with Gasteiger partial charge in [-0.2, -0.15) is 0 Å². The maximum absolute atomic E-state index is 8.79. The first-order valence-electron chi connectivity index (χ1n) is 8.05. The van der Waals surface area contributed by atoms with E-state index in [0.29, 0.717) is 6.04 Å². The highest BCUT2D eigenvalue weighted by Crippen LogP contribution is 2.27. The first kappa shape index (κ1) is 15.4. The van der Waals surface area contributed by atoms with Crippen LogP contribution in [0.4, 0.5) is 0 Å². The molecule has 0 amide bonds. The third-order valence-electron chi connectivity index (χ3n) is 4.25. The van der Waals surface area contributed by atoms with E-state index in [1.54, 1.807) is 0 Å². The molecule has 0 radical (unpaired) electrons. The fourth-order valence-corrected chi connectivity index (χ4v) is 3.07. The lowest BCUT2D eigenvalue weighted by Gasteiger charge is -2.28. The quantitative estimate of drug-likeness (QED) is 0.765. The zero-order valence-corrected chi connectivity index (χ0v) is 12.6. The Kier molecular flexibility index (Phi) is 6.47. The van der Waals surface area contributed by atoms with Crippen molar-refractivity contribution in [1.29, 1.82) is 0 Å². The Hall–Kier alpha value is -0.940. The summed E-state index contributed by atoms with van der Waals surface area (Å²) in [5, 5.41) is 20.6. The molecule has 0 saturated heterocycles. The molecule has 1 heterocycles. The molecule has 1 saturated carbocycles. The van der Waals surface area contributed by atoms with Crippen molar-refractivity contribution in [1.82, 2.24) is 20.3 Å². The zero-order chi connectivity index (χ0) is 14.2. The molecule has 20 heavy (non-hydrogen) atoms. The molecule has 5 heteroatoms. The predicted octanol–water partition coefficient (Wildman–Crippen LogP) is 2.11. The van der Waals surface area contributed by atoms with Crippen LogP contribution < -0.4 is 5.32 Å². The molecular weight excluding hydrogens is 252 g/mol. The van der Waals surface area contributed by atoms with Crippen LogP contribution in [0.3, 0.4) is 0 Å². The number of aliphatic hydroxyl groups excluding tert-OH is 1. The molecule has 0 atom stereocenters. The van der Waals surface area contributed by atoms with Gasteiger partial charge in [0, 0.05) is 31.9 Å². The van der Waals surface area contributed by atoms with Gasteiger partial charge >= 0.3 is 0 Å². The van der Waals surface area contributed by atoms with Crippen LogP contribution in [0, 0.1) is 5.92 Å². The van der Waals surface area contributed by atoms with Crippen molar-refractivity contribution >= 4 is 0 Å². The highest BCUT2D eigenvalue weighted by molar-refractivity contribution is 4.92. The van der Waals surface area contributed by atoms with Gasteiger partial charge in [0.05, 0.1) is 5.69 Å². The van der Waals surface area contributed by atoms with Gasteiger partial charge in [0.15, 0.2) is 0 Å². The Balaban J connectivity index is 1.66. The number of rotatable bonds is 8. The van der Waals surface area contributed by atoms with Crippen LogP contribution in [0.15, 0.2) is 6.20 Å². The van der Waals surface area contributed by atoms with Gasteiger partial charge in [0.25, 0.3) is 0 Å². The Morgan fingerprint density at radius 3 is 2.85 bits per heavy atom. The SMILES string of the molecule is CCCC1CCC(NCc2cn(CCCO)nn2)CC1. The van der Waals surface area contributed by atoms with Crippen LogP contribution in [0.1, 0.15) is 57.6 Å². The smallest absolute Gasteiger partial charge is 0.0964 e. The molecule has 1 aliphatic rings. The summed E-state index contributed by atoms with van der Waals surface area (Å²) < 4.78 is 1.81. The summed E-state index contributed by atoms with van der Waals surface area (Å²) in [4.78, 5) is 0. The van der Waals surface area contributed by atoms with Gasteiger partial charge in [0.1, 0.15) is 0 Å². The summed E-state index contributed by atoms with van der Waals surface area (Å²) in [6.45, 7) is 4.03. The molecule has 5 nitrogen and oxygen atoms in total. The monoisotopic (exact) mass is 280 g/mol. The molecule has 2 rings (SSSR count). The lowest BCUT2D eigenvalue weighted by atomic mass is 9.83. The first-order chi connectivity index (χ1) is 9.81. The van der Waals surface area contributed by atoms with E-state index in [1.165, 1.54) is 38.5 Å². The highest BCUT2D eigenvalue weighted by atomic mass is 16.3. The van der Waals surface area contributed by atoms with Gasteiger partial charge in [-0.1, -0.05) is 25.0 Å². The van der Waals surface area contributed by atoms with E-state index >= 15 is 0 Å². The molecule has 1 aliphatic carbocycles. The van der Waals surface area contributed by atoms with Crippen molar-refractivity contribution in [2.75, 3.05) is 6.61 Å². The average Bonchev–Trinajstić information content (AvgIpc) is 2.93. The molecular formula is C15H28N4O. The van der Waals surface area contributed by atoms with E-state index in [9.17, 15) is 0 Å². The molecule has 1 aromatic rings. The lowest BCUT2D eigenvalue weighted by Crippen LogP contribution is -2.32. The van der Waals surface area contributed by atoms with Crippen LogP contribution in [-0.4, -0.2) is 32.7 Å². The summed E-state index contributed by atoms with van der Waals surface area (Å²) in [6, 6.07) is 0.644. The first-order valence-corrected chi connectivity index (χ1v) is 8.05. The summed E-state index contributed by atoms with van der Waals surface area (Å²) in [6.07, 6.45) is 10.8. The molecule has 114 valence electrons. The molecule has 0 spiro atoms. The van der Waals surface area contributed by atoms with Crippen molar-refractivity contribution in [2.45, 2.75) is 71.0 Å². The van der Waals surface area contributed by atoms with Crippen molar-refractivity contribution < 1.29 is 5.11 Å². The third kappa shape index (κ3) is 4.87. The molecule has 1 fully saturated rings. The third-order valence-corrected chi connectivity index (χ3v) is 4.25. The number of aromatic nitrogens is 3. The van der Waals surface area contributed by atoms with E-state index in [4.69, 9.17) is 5.11 Å². The lowest BCUT2D eigenvalue weighted by molar-refractivity contribution is 0.276. The van der Waals surface area contributed by atoms with Crippen LogP contribution in [0.5, 0.6) is 0 Å². The minimum atomic E-state index is 0.203. The van der Waals surface area contributed by atoms with Crippen molar-refractivity contribution in [3.8, 4) is 0 Å². The second kappa shape index (κ2) is 8.37. The highest BCUT2D eigenvalue weighted by Gasteiger charge is 2.20. The Bertz CT molecular complexity index is 372. The average molecular weight is 280 g/mol. The summed E-state index contributed by atoms with van der Waals surface area (Å²) in [7, 11) is 0. The topological polar surface area (TPSA) is 63.0 Å². The molecule has 0 aliphatic heterocycles. The standard InChI is InChI=1S/C15H28N4O/c1-2-4-13-5-7-14(8-6-13)16-11-15-12-19(18-17-15)9-3-10-20/h12-14,16,20H,2-11H2,1H3. The van der Waals surface area contributed by atoms with Gasteiger partial charge in [-0.15, -0.1) is 5.10 Å². The molecule has 2 N–H and O–H groups in total. The maximum Gasteiger partial charge on any atom is 0.0964 e. The Morgan fingerprint density at radius 2 is 2.15 bits per heavy atom. The van der Waals surface area contributed by atoms with Crippen LogP contribution in [0.2, 0.25) is 0 Å².